The average molecular weight is 278 g/mol. The van der Waals surface area contributed by atoms with Gasteiger partial charge in [-0.15, -0.1) is 0 Å². The van der Waals surface area contributed by atoms with Gasteiger partial charge in [-0.25, -0.2) is 19.7 Å². The number of carbonyl (C=O) groups is 1. The minimum Gasteiger partial charge on any atom is -0.455 e. The highest BCUT2D eigenvalue weighted by Crippen LogP contribution is 2.31. The second kappa shape index (κ2) is 4.93. The van der Waals surface area contributed by atoms with Crippen molar-refractivity contribution in [3.05, 3.63) is 24.4 Å². The molecular weight excluding hydrogens is 264 g/mol. The molecule has 2 aromatic rings. The van der Waals surface area contributed by atoms with E-state index in [4.69, 9.17) is 10.5 Å². The lowest BCUT2D eigenvalue weighted by atomic mass is 10.2. The van der Waals surface area contributed by atoms with E-state index in [1.807, 2.05) is 0 Å². The van der Waals surface area contributed by atoms with Gasteiger partial charge < -0.3 is 10.5 Å². The van der Waals surface area contributed by atoms with Crippen LogP contribution in [0, 0.1) is 0 Å². The minimum absolute atomic E-state index is 0.201. The lowest BCUT2D eigenvalue weighted by molar-refractivity contribution is 0.00647. The molecule has 0 aromatic carbocycles. The van der Waals surface area contributed by atoms with Crippen LogP contribution in [-0.2, 0) is 4.74 Å². The Morgan fingerprint density at radius 3 is 2.53 bits per heavy atom. The van der Waals surface area contributed by atoms with Crippen molar-refractivity contribution in [3.8, 4) is 10.4 Å². The Hall–Kier alpha value is -2.02. The molecule has 0 fully saturated rings. The molecule has 0 aliphatic carbocycles. The number of thiazole rings is 1. The van der Waals surface area contributed by atoms with Gasteiger partial charge in [0.2, 0.25) is 0 Å². The van der Waals surface area contributed by atoms with Crippen LogP contribution < -0.4 is 5.73 Å². The second-order valence-corrected chi connectivity index (χ2v) is 5.89. The molecule has 0 amide bonds. The number of ether oxygens (including phenoxy) is 1. The summed E-state index contributed by atoms with van der Waals surface area (Å²) in [5.41, 5.74) is 5.99. The molecule has 7 heteroatoms. The minimum atomic E-state index is -0.583. The quantitative estimate of drug-likeness (QED) is 0.846. The topological polar surface area (TPSA) is 91.0 Å². The summed E-state index contributed by atoms with van der Waals surface area (Å²) in [5, 5.41) is 0.305. The number of nitrogens with two attached hydrogens (primary N) is 1. The van der Waals surface area contributed by atoms with Gasteiger partial charge in [0, 0.05) is 18.0 Å². The molecule has 0 aliphatic heterocycles. The zero-order chi connectivity index (χ0) is 14.0. The van der Waals surface area contributed by atoms with Crippen LogP contribution in [0.4, 0.5) is 5.13 Å². The van der Waals surface area contributed by atoms with E-state index in [0.717, 1.165) is 0 Å². The number of esters is 1. The molecule has 0 saturated heterocycles. The average Bonchev–Trinajstić information content (AvgIpc) is 2.70. The van der Waals surface area contributed by atoms with Crippen LogP contribution in [0.25, 0.3) is 10.4 Å². The molecule has 6 nitrogen and oxygen atoms in total. The highest BCUT2D eigenvalue weighted by molar-refractivity contribution is 7.19. The first kappa shape index (κ1) is 13.4. The normalized spacial score (nSPS) is 11.3. The van der Waals surface area contributed by atoms with Gasteiger partial charge in [0.15, 0.2) is 10.8 Å². The summed E-state index contributed by atoms with van der Waals surface area (Å²) in [6, 6.07) is 0. The molecule has 0 spiro atoms. The van der Waals surface area contributed by atoms with E-state index in [0.29, 0.717) is 15.6 Å². The van der Waals surface area contributed by atoms with Crippen LogP contribution in [0.3, 0.4) is 0 Å². The van der Waals surface area contributed by atoms with Crippen LogP contribution in [0.15, 0.2) is 18.7 Å². The first-order valence-corrected chi connectivity index (χ1v) is 6.43. The fraction of sp³-hybridized carbons (Fsp3) is 0.333. The van der Waals surface area contributed by atoms with E-state index < -0.39 is 11.6 Å². The van der Waals surface area contributed by atoms with Gasteiger partial charge in [-0.3, -0.25) is 0 Å². The van der Waals surface area contributed by atoms with Crippen LogP contribution in [0.2, 0.25) is 0 Å². The van der Waals surface area contributed by atoms with Gasteiger partial charge in [0.05, 0.1) is 4.88 Å². The fourth-order valence-corrected chi connectivity index (χ4v) is 2.21. The Kier molecular flexibility index (Phi) is 3.48. The van der Waals surface area contributed by atoms with Crippen molar-refractivity contribution in [1.82, 2.24) is 15.0 Å². The predicted octanol–water partition coefficient (Wildman–Crippen LogP) is 2.14. The number of anilines is 1. The van der Waals surface area contributed by atoms with E-state index in [-0.39, 0.29) is 5.69 Å². The molecule has 0 bridgehead atoms. The number of nitrogens with zero attached hydrogens (tertiary/aromatic N) is 3. The Morgan fingerprint density at radius 1 is 1.32 bits per heavy atom. The maximum atomic E-state index is 12.1. The Labute approximate surface area is 114 Å². The summed E-state index contributed by atoms with van der Waals surface area (Å²) in [6.07, 6.45) is 4.63. The summed E-state index contributed by atoms with van der Waals surface area (Å²) in [4.78, 5) is 24.6. The molecule has 0 unspecified atom stereocenters. The largest absolute Gasteiger partial charge is 0.455 e. The number of aromatic nitrogens is 3. The van der Waals surface area contributed by atoms with E-state index in [1.165, 1.54) is 17.7 Å². The first-order chi connectivity index (χ1) is 8.87. The molecule has 2 rings (SSSR count). The van der Waals surface area contributed by atoms with Gasteiger partial charge >= 0.3 is 5.97 Å². The van der Waals surface area contributed by atoms with Crippen LogP contribution in [0.1, 0.15) is 31.3 Å². The third-order valence-corrected chi connectivity index (χ3v) is 2.99. The van der Waals surface area contributed by atoms with Crippen molar-refractivity contribution < 1.29 is 9.53 Å². The van der Waals surface area contributed by atoms with Crippen molar-refractivity contribution in [1.29, 1.82) is 0 Å². The van der Waals surface area contributed by atoms with Crippen LogP contribution >= 0.6 is 11.3 Å². The first-order valence-electron chi connectivity index (χ1n) is 5.62. The third-order valence-electron chi connectivity index (χ3n) is 2.06. The molecule has 2 N–H and O–H groups in total. The Bertz CT molecular complexity index is 590. The maximum Gasteiger partial charge on any atom is 0.359 e. The Morgan fingerprint density at radius 2 is 1.95 bits per heavy atom. The number of rotatable bonds is 2. The zero-order valence-electron chi connectivity index (χ0n) is 10.9. The van der Waals surface area contributed by atoms with Crippen molar-refractivity contribution in [3.63, 3.8) is 0 Å². The van der Waals surface area contributed by atoms with Crippen molar-refractivity contribution in [2.75, 3.05) is 5.73 Å². The molecule has 100 valence electrons. The maximum absolute atomic E-state index is 12.1. The summed E-state index contributed by atoms with van der Waals surface area (Å²) >= 11 is 1.21. The third kappa shape index (κ3) is 3.25. The summed E-state index contributed by atoms with van der Waals surface area (Å²) < 4.78 is 5.31. The van der Waals surface area contributed by atoms with Crippen LogP contribution in [-0.4, -0.2) is 26.5 Å². The number of hydrogen-bond donors (Lipinski definition) is 1. The van der Waals surface area contributed by atoms with Crippen LogP contribution in [0.5, 0.6) is 0 Å². The SMILES string of the molecule is CC(C)(C)OC(=O)c1nc(N)sc1-c1cncnc1. The van der Waals surface area contributed by atoms with E-state index >= 15 is 0 Å². The standard InChI is InChI=1S/C12H14N4O2S/c1-12(2,3)18-10(17)8-9(19-11(13)16-8)7-4-14-6-15-5-7/h4-6H,1-3H3,(H2,13,16). The van der Waals surface area contributed by atoms with Gasteiger partial charge in [0.1, 0.15) is 11.9 Å². The van der Waals surface area contributed by atoms with Gasteiger partial charge in [-0.1, -0.05) is 11.3 Å². The molecule has 0 atom stereocenters. The second-order valence-electron chi connectivity index (χ2n) is 4.86. The van der Waals surface area contributed by atoms with E-state index in [1.54, 1.807) is 33.2 Å². The Balaban J connectivity index is 2.40. The summed E-state index contributed by atoms with van der Waals surface area (Å²) in [5.74, 6) is -0.501. The van der Waals surface area contributed by atoms with Gasteiger partial charge in [0.25, 0.3) is 0 Å². The molecule has 2 heterocycles. The van der Waals surface area contributed by atoms with Gasteiger partial charge in [-0.05, 0) is 20.8 Å². The zero-order valence-corrected chi connectivity index (χ0v) is 11.7. The monoisotopic (exact) mass is 278 g/mol. The lowest BCUT2D eigenvalue weighted by Gasteiger charge is -2.18. The molecule has 2 aromatic heterocycles. The van der Waals surface area contributed by atoms with E-state index in [2.05, 4.69) is 15.0 Å². The molecule has 19 heavy (non-hydrogen) atoms. The molecule has 0 radical (unpaired) electrons. The van der Waals surface area contributed by atoms with E-state index in [9.17, 15) is 4.79 Å². The number of nitrogen functional groups attached to an aromatic ring is 1. The molecule has 0 saturated carbocycles. The van der Waals surface area contributed by atoms with Gasteiger partial charge in [-0.2, -0.15) is 0 Å². The lowest BCUT2D eigenvalue weighted by Crippen LogP contribution is -2.24. The highest BCUT2D eigenvalue weighted by atomic mass is 32.1. The van der Waals surface area contributed by atoms with Crippen molar-refractivity contribution in [2.45, 2.75) is 26.4 Å². The summed E-state index contributed by atoms with van der Waals surface area (Å²) in [7, 11) is 0. The van der Waals surface area contributed by atoms with Crippen molar-refractivity contribution in [2.24, 2.45) is 0 Å². The van der Waals surface area contributed by atoms with Crippen molar-refractivity contribution >= 4 is 22.4 Å². The smallest absolute Gasteiger partial charge is 0.359 e. The predicted molar refractivity (Wildman–Crippen MR) is 72.7 cm³/mol. The fourth-order valence-electron chi connectivity index (χ4n) is 1.41. The highest BCUT2D eigenvalue weighted by Gasteiger charge is 2.24. The molecular formula is C12H14N4O2S. The number of carbonyl (C=O) groups excluding carboxylic acids is 1. The molecule has 0 aliphatic rings. The number of hydrogen-bond acceptors (Lipinski definition) is 7. The summed E-state index contributed by atoms with van der Waals surface area (Å²) in [6.45, 7) is 5.39.